The van der Waals surface area contributed by atoms with Crippen LogP contribution >= 0.6 is 0 Å². The summed E-state index contributed by atoms with van der Waals surface area (Å²) in [5.74, 6) is -0.917. The van der Waals surface area contributed by atoms with Crippen LogP contribution in [0.1, 0.15) is 44.6 Å². The van der Waals surface area contributed by atoms with Gasteiger partial charge in [0.15, 0.2) is 0 Å². The average molecular weight is 241 g/mol. The van der Waals surface area contributed by atoms with Crippen LogP contribution in [0.25, 0.3) is 0 Å². The topological polar surface area (TPSA) is 88.2 Å². The van der Waals surface area contributed by atoms with E-state index in [0.29, 0.717) is 12.1 Å². The van der Waals surface area contributed by atoms with Crippen molar-refractivity contribution in [3.63, 3.8) is 0 Å². The summed E-state index contributed by atoms with van der Waals surface area (Å²) in [7, 11) is 0. The van der Waals surface area contributed by atoms with Gasteiger partial charge in [-0.15, -0.1) is 5.10 Å². The minimum absolute atomic E-state index is 0.123. The van der Waals surface area contributed by atoms with Gasteiger partial charge in [-0.3, -0.25) is 4.79 Å². The highest BCUT2D eigenvalue weighted by Gasteiger charge is 2.20. The van der Waals surface area contributed by atoms with Crippen molar-refractivity contribution in [1.29, 1.82) is 0 Å². The Morgan fingerprint density at radius 1 is 1.47 bits per heavy atom. The van der Waals surface area contributed by atoms with Crippen molar-refractivity contribution in [2.45, 2.75) is 52.2 Å². The van der Waals surface area contributed by atoms with Crippen LogP contribution in [0.15, 0.2) is 0 Å². The lowest BCUT2D eigenvalue weighted by molar-refractivity contribution is -0.136. The molecule has 6 nitrogen and oxygen atoms in total. The molecule has 6 heteroatoms. The van der Waals surface area contributed by atoms with Crippen LogP contribution in [0.4, 0.5) is 0 Å². The predicted molar refractivity (Wildman–Crippen MR) is 61.7 cm³/mol. The highest BCUT2D eigenvalue weighted by Crippen LogP contribution is 2.17. The van der Waals surface area contributed by atoms with Crippen molar-refractivity contribution < 1.29 is 15.0 Å². The zero-order valence-electron chi connectivity index (χ0n) is 10.4. The van der Waals surface area contributed by atoms with Crippen LogP contribution < -0.4 is 0 Å². The summed E-state index contributed by atoms with van der Waals surface area (Å²) >= 11 is 0. The molecule has 0 radical (unpaired) electrons. The predicted octanol–water partition coefficient (Wildman–Crippen LogP) is 0.799. The zero-order chi connectivity index (χ0) is 13.0. The molecule has 0 amide bonds. The van der Waals surface area contributed by atoms with E-state index in [1.165, 1.54) is 0 Å². The van der Waals surface area contributed by atoms with Gasteiger partial charge in [0.05, 0.1) is 30.0 Å². The molecule has 0 saturated heterocycles. The van der Waals surface area contributed by atoms with E-state index < -0.39 is 12.1 Å². The smallest absolute Gasteiger partial charge is 0.309 e. The van der Waals surface area contributed by atoms with Crippen LogP contribution in [0.5, 0.6) is 0 Å². The van der Waals surface area contributed by atoms with Crippen molar-refractivity contribution in [1.82, 2.24) is 15.0 Å². The molecule has 2 atom stereocenters. The third-order valence-electron chi connectivity index (χ3n) is 2.76. The van der Waals surface area contributed by atoms with E-state index in [1.54, 1.807) is 11.6 Å². The van der Waals surface area contributed by atoms with Crippen molar-refractivity contribution in [3.05, 3.63) is 11.4 Å². The molecule has 0 aromatic carbocycles. The van der Waals surface area contributed by atoms with Gasteiger partial charge in [0.25, 0.3) is 0 Å². The summed E-state index contributed by atoms with van der Waals surface area (Å²) in [6.07, 6.45) is 0.922. The highest BCUT2D eigenvalue weighted by molar-refractivity contribution is 5.69. The minimum Gasteiger partial charge on any atom is -0.481 e. The zero-order valence-corrected chi connectivity index (χ0v) is 10.4. The quantitative estimate of drug-likeness (QED) is 0.769. The number of carboxylic acid groups (broad SMARTS) is 1. The minimum atomic E-state index is -0.917. The Bertz CT molecular complexity index is 387. The maximum Gasteiger partial charge on any atom is 0.309 e. The normalized spacial score (nSPS) is 14.6. The average Bonchev–Trinajstić information content (AvgIpc) is 2.60. The SMILES string of the molecule is CCCc1c(CC(=O)O)nnn1C(C)C(C)O. The molecule has 0 aliphatic rings. The van der Waals surface area contributed by atoms with E-state index in [0.717, 1.165) is 12.1 Å². The summed E-state index contributed by atoms with van der Waals surface area (Å²) in [6, 6.07) is -0.202. The first-order chi connectivity index (χ1) is 7.97. The molecular weight excluding hydrogens is 222 g/mol. The highest BCUT2D eigenvalue weighted by atomic mass is 16.4. The lowest BCUT2D eigenvalue weighted by Crippen LogP contribution is -2.21. The van der Waals surface area contributed by atoms with Gasteiger partial charge in [-0.05, 0) is 20.3 Å². The van der Waals surface area contributed by atoms with Gasteiger partial charge in [-0.2, -0.15) is 0 Å². The largest absolute Gasteiger partial charge is 0.481 e. The molecule has 0 aliphatic carbocycles. The first-order valence-corrected chi connectivity index (χ1v) is 5.80. The molecule has 2 unspecified atom stereocenters. The number of hydrogen-bond donors (Lipinski definition) is 2. The lowest BCUT2D eigenvalue weighted by Gasteiger charge is -2.17. The molecule has 1 heterocycles. The maximum absolute atomic E-state index is 10.7. The van der Waals surface area contributed by atoms with Gasteiger partial charge < -0.3 is 10.2 Å². The van der Waals surface area contributed by atoms with Gasteiger partial charge in [-0.1, -0.05) is 18.6 Å². The van der Waals surface area contributed by atoms with E-state index >= 15 is 0 Å². The van der Waals surface area contributed by atoms with E-state index in [4.69, 9.17) is 5.11 Å². The molecule has 2 N–H and O–H groups in total. The number of aromatic nitrogens is 3. The number of rotatable bonds is 6. The van der Waals surface area contributed by atoms with E-state index in [9.17, 15) is 9.90 Å². The molecule has 0 spiro atoms. The molecule has 96 valence electrons. The molecule has 0 aliphatic heterocycles. The van der Waals surface area contributed by atoms with Crippen LogP contribution in [-0.4, -0.2) is 37.3 Å². The van der Waals surface area contributed by atoms with Crippen molar-refractivity contribution >= 4 is 5.97 Å². The second-order valence-corrected chi connectivity index (χ2v) is 4.23. The van der Waals surface area contributed by atoms with Crippen molar-refractivity contribution in [3.8, 4) is 0 Å². The van der Waals surface area contributed by atoms with Gasteiger partial charge in [0.2, 0.25) is 0 Å². The third kappa shape index (κ3) is 3.26. The monoisotopic (exact) mass is 241 g/mol. The van der Waals surface area contributed by atoms with Crippen LogP contribution in [0, 0.1) is 0 Å². The fourth-order valence-electron chi connectivity index (χ4n) is 1.65. The van der Waals surface area contributed by atoms with E-state index in [1.807, 2.05) is 13.8 Å². The molecule has 0 bridgehead atoms. The van der Waals surface area contributed by atoms with E-state index in [2.05, 4.69) is 10.3 Å². The Labute approximate surface area is 100 Å². The molecule has 1 aromatic heterocycles. The van der Waals surface area contributed by atoms with Gasteiger partial charge in [0, 0.05) is 0 Å². The molecule has 0 fully saturated rings. The first-order valence-electron chi connectivity index (χ1n) is 5.80. The van der Waals surface area contributed by atoms with Gasteiger partial charge in [0.1, 0.15) is 0 Å². The summed E-state index contributed by atoms with van der Waals surface area (Å²) in [4.78, 5) is 10.7. The van der Waals surface area contributed by atoms with Crippen LogP contribution in [-0.2, 0) is 17.6 Å². The van der Waals surface area contributed by atoms with Crippen molar-refractivity contribution in [2.75, 3.05) is 0 Å². The molecule has 0 saturated carbocycles. The Morgan fingerprint density at radius 2 is 2.12 bits per heavy atom. The first kappa shape index (κ1) is 13.6. The Hall–Kier alpha value is -1.43. The fourth-order valence-corrected chi connectivity index (χ4v) is 1.65. The second kappa shape index (κ2) is 5.77. The number of nitrogens with zero attached hydrogens (tertiary/aromatic N) is 3. The summed E-state index contributed by atoms with van der Waals surface area (Å²) in [5, 5.41) is 26.2. The van der Waals surface area contributed by atoms with E-state index in [-0.39, 0.29) is 12.5 Å². The lowest BCUT2D eigenvalue weighted by atomic mass is 10.1. The maximum atomic E-state index is 10.7. The Balaban J connectivity index is 3.05. The second-order valence-electron chi connectivity index (χ2n) is 4.23. The summed E-state index contributed by atoms with van der Waals surface area (Å²) in [6.45, 7) is 5.52. The van der Waals surface area contributed by atoms with Crippen LogP contribution in [0.2, 0.25) is 0 Å². The van der Waals surface area contributed by atoms with Crippen LogP contribution in [0.3, 0.4) is 0 Å². The van der Waals surface area contributed by atoms with Gasteiger partial charge in [-0.25, -0.2) is 4.68 Å². The summed E-state index contributed by atoms with van der Waals surface area (Å²) in [5.41, 5.74) is 1.30. The molecular formula is C11H19N3O3. The summed E-state index contributed by atoms with van der Waals surface area (Å²) < 4.78 is 1.63. The molecule has 1 rings (SSSR count). The Morgan fingerprint density at radius 3 is 2.59 bits per heavy atom. The number of carbonyl (C=O) groups is 1. The number of aliphatic carboxylic acids is 1. The number of aliphatic hydroxyl groups excluding tert-OH is 1. The number of carboxylic acids is 1. The fraction of sp³-hybridized carbons (Fsp3) is 0.727. The number of aliphatic hydroxyl groups is 1. The Kier molecular flexibility index (Phi) is 4.62. The molecule has 17 heavy (non-hydrogen) atoms. The third-order valence-corrected chi connectivity index (χ3v) is 2.76. The number of hydrogen-bond acceptors (Lipinski definition) is 4. The standard InChI is InChI=1S/C11H19N3O3/c1-4-5-10-9(6-11(16)17)12-13-14(10)7(2)8(3)15/h7-8,15H,4-6H2,1-3H3,(H,16,17). The molecule has 1 aromatic rings. The van der Waals surface area contributed by atoms with Gasteiger partial charge >= 0.3 is 5.97 Å². The van der Waals surface area contributed by atoms with Crippen molar-refractivity contribution in [2.24, 2.45) is 0 Å².